The minimum absolute atomic E-state index is 0.0376. The van der Waals surface area contributed by atoms with Gasteiger partial charge in [-0.25, -0.2) is 0 Å². The molecule has 0 aromatic rings. The van der Waals surface area contributed by atoms with Gasteiger partial charge in [0.1, 0.15) is 0 Å². The number of carbonyl (C=O) groups excluding carboxylic acids is 1. The second kappa shape index (κ2) is 1.93. The van der Waals surface area contributed by atoms with Crippen LogP contribution in [0.2, 0.25) is 0 Å². The maximum atomic E-state index is 11.5. The molecule has 0 aromatic heterocycles. The van der Waals surface area contributed by atoms with Crippen molar-refractivity contribution in [1.29, 1.82) is 0 Å². The Morgan fingerprint density at radius 3 is 2.42 bits per heavy atom. The Kier molecular flexibility index (Phi) is 1.26. The molecule has 12 heavy (non-hydrogen) atoms. The van der Waals surface area contributed by atoms with E-state index < -0.39 is 0 Å². The summed E-state index contributed by atoms with van der Waals surface area (Å²) in [7, 11) is 0. The highest BCUT2D eigenvalue weighted by Gasteiger charge is 2.57. The van der Waals surface area contributed by atoms with Gasteiger partial charge in [-0.05, 0) is 30.3 Å². The topological polar surface area (TPSA) is 37.3 Å². The Balaban J connectivity index is 2.48. The van der Waals surface area contributed by atoms with Gasteiger partial charge in [-0.1, -0.05) is 13.8 Å². The number of hydrogen-bond acceptors (Lipinski definition) is 2. The lowest BCUT2D eigenvalue weighted by Gasteiger charge is -2.55. The van der Waals surface area contributed by atoms with Crippen molar-refractivity contribution in [2.24, 2.45) is 17.3 Å². The van der Waals surface area contributed by atoms with E-state index in [1.807, 2.05) is 6.92 Å². The first-order valence-electron chi connectivity index (χ1n) is 4.40. The smallest absolute Gasteiger partial charge is 0.200 e. The van der Waals surface area contributed by atoms with E-state index >= 15 is 0 Å². The maximum absolute atomic E-state index is 11.5. The van der Waals surface area contributed by atoms with Gasteiger partial charge in [0.2, 0.25) is 5.78 Å². The summed E-state index contributed by atoms with van der Waals surface area (Å²) in [6.45, 7) is 6.09. The summed E-state index contributed by atoms with van der Waals surface area (Å²) in [6.07, 6.45) is 0.946. The Morgan fingerprint density at radius 2 is 2.00 bits per heavy atom. The van der Waals surface area contributed by atoms with Gasteiger partial charge < -0.3 is 5.11 Å². The normalized spacial score (nSPS) is 38.1. The van der Waals surface area contributed by atoms with E-state index in [1.54, 1.807) is 0 Å². The van der Waals surface area contributed by atoms with Crippen LogP contribution in [0.3, 0.4) is 0 Å². The number of allylic oxidation sites excluding steroid dienone is 2. The van der Waals surface area contributed by atoms with Crippen LogP contribution in [0.4, 0.5) is 0 Å². The third-order valence-electron chi connectivity index (χ3n) is 3.71. The van der Waals surface area contributed by atoms with Crippen molar-refractivity contribution in [2.45, 2.75) is 27.2 Å². The molecule has 66 valence electrons. The average molecular weight is 166 g/mol. The predicted octanol–water partition coefficient (Wildman–Crippen LogP) is 2.06. The first-order chi connectivity index (χ1) is 5.46. The SMILES string of the molecule is CC1=C(O)C(=O)[C@@H]2C[C@@H]1C2(C)C. The second-order valence-electron chi connectivity index (χ2n) is 4.56. The number of rotatable bonds is 0. The minimum atomic E-state index is -0.0417. The molecule has 1 saturated carbocycles. The molecular formula is C10H14O2. The largest absolute Gasteiger partial charge is 0.504 e. The van der Waals surface area contributed by atoms with Gasteiger partial charge in [-0.2, -0.15) is 0 Å². The number of Topliss-reactive ketones (excluding diaryl/α,β-unsaturated/α-hetero) is 1. The van der Waals surface area contributed by atoms with E-state index in [9.17, 15) is 9.90 Å². The molecule has 0 radical (unpaired) electrons. The van der Waals surface area contributed by atoms with Crippen molar-refractivity contribution >= 4 is 5.78 Å². The standard InChI is InChI=1S/C10H14O2/c1-5-6-4-7(10(6,2)3)9(12)8(5)11/h6-7,11H,4H2,1-3H3/t6-,7-/m0/s1. The highest BCUT2D eigenvalue weighted by Crippen LogP contribution is 2.58. The molecule has 2 atom stereocenters. The van der Waals surface area contributed by atoms with Crippen molar-refractivity contribution in [3.05, 3.63) is 11.3 Å². The molecule has 3 aliphatic rings. The lowest BCUT2D eigenvalue weighted by Crippen LogP contribution is -2.53. The van der Waals surface area contributed by atoms with Gasteiger partial charge in [-0.3, -0.25) is 4.79 Å². The first-order valence-corrected chi connectivity index (χ1v) is 4.40. The van der Waals surface area contributed by atoms with Crippen LogP contribution in [0.25, 0.3) is 0 Å². The van der Waals surface area contributed by atoms with E-state index in [2.05, 4.69) is 13.8 Å². The number of hydrogen-bond donors (Lipinski definition) is 1. The Hall–Kier alpha value is -0.790. The molecule has 0 aliphatic heterocycles. The highest BCUT2D eigenvalue weighted by molar-refractivity contribution is 5.98. The van der Waals surface area contributed by atoms with Gasteiger partial charge in [0.15, 0.2) is 5.76 Å². The van der Waals surface area contributed by atoms with E-state index in [-0.39, 0.29) is 22.9 Å². The fourth-order valence-corrected chi connectivity index (χ4v) is 2.63. The molecule has 2 bridgehead atoms. The summed E-state index contributed by atoms with van der Waals surface area (Å²) < 4.78 is 0. The molecular weight excluding hydrogens is 152 g/mol. The first kappa shape index (κ1) is 7.84. The van der Waals surface area contributed by atoms with Gasteiger partial charge in [0.05, 0.1) is 0 Å². The Bertz CT molecular complexity index is 286. The molecule has 0 saturated heterocycles. The molecule has 0 spiro atoms. The van der Waals surface area contributed by atoms with Crippen LogP contribution in [-0.2, 0) is 4.79 Å². The number of aliphatic hydroxyl groups excluding tert-OH is 1. The fourth-order valence-electron chi connectivity index (χ4n) is 2.63. The van der Waals surface area contributed by atoms with E-state index in [0.29, 0.717) is 5.92 Å². The van der Waals surface area contributed by atoms with Crippen LogP contribution in [0.1, 0.15) is 27.2 Å². The lowest BCUT2D eigenvalue weighted by atomic mass is 9.48. The van der Waals surface area contributed by atoms with E-state index in [1.165, 1.54) is 0 Å². The summed E-state index contributed by atoms with van der Waals surface area (Å²) in [6, 6.07) is 0. The van der Waals surface area contributed by atoms with Crippen molar-refractivity contribution < 1.29 is 9.90 Å². The molecule has 1 fully saturated rings. The summed E-state index contributed by atoms with van der Waals surface area (Å²) in [5.74, 6) is 0.502. The lowest BCUT2D eigenvalue weighted by molar-refractivity contribution is -0.139. The minimum Gasteiger partial charge on any atom is -0.504 e. The molecule has 1 N–H and O–H groups in total. The molecule has 0 unspecified atom stereocenters. The van der Waals surface area contributed by atoms with Gasteiger partial charge in [0.25, 0.3) is 0 Å². The summed E-state index contributed by atoms with van der Waals surface area (Å²) in [4.78, 5) is 11.5. The van der Waals surface area contributed by atoms with Gasteiger partial charge >= 0.3 is 0 Å². The molecule has 0 amide bonds. The fraction of sp³-hybridized carbons (Fsp3) is 0.700. The summed E-state index contributed by atoms with van der Waals surface area (Å²) in [5, 5.41) is 9.41. The second-order valence-corrected chi connectivity index (χ2v) is 4.56. The van der Waals surface area contributed by atoms with Crippen LogP contribution in [0.15, 0.2) is 11.3 Å². The molecule has 2 heteroatoms. The number of fused-ring (bicyclic) bond motifs is 1. The van der Waals surface area contributed by atoms with E-state index in [0.717, 1.165) is 12.0 Å². The number of ketones is 1. The molecule has 0 heterocycles. The van der Waals surface area contributed by atoms with Crippen LogP contribution in [-0.4, -0.2) is 10.9 Å². The van der Waals surface area contributed by atoms with Crippen LogP contribution < -0.4 is 0 Å². The monoisotopic (exact) mass is 166 g/mol. The molecule has 3 aliphatic carbocycles. The maximum Gasteiger partial charge on any atom is 0.200 e. The van der Waals surface area contributed by atoms with Crippen LogP contribution in [0, 0.1) is 17.3 Å². The predicted molar refractivity (Wildman–Crippen MR) is 45.7 cm³/mol. The Morgan fingerprint density at radius 1 is 1.42 bits per heavy atom. The van der Waals surface area contributed by atoms with Crippen molar-refractivity contribution in [3.8, 4) is 0 Å². The van der Waals surface area contributed by atoms with Crippen molar-refractivity contribution in [1.82, 2.24) is 0 Å². The quantitative estimate of drug-likeness (QED) is 0.598. The zero-order chi connectivity index (χ0) is 9.09. The van der Waals surface area contributed by atoms with Crippen LogP contribution in [0.5, 0.6) is 0 Å². The third-order valence-corrected chi connectivity index (χ3v) is 3.71. The zero-order valence-corrected chi connectivity index (χ0v) is 7.72. The highest BCUT2D eigenvalue weighted by atomic mass is 16.3. The van der Waals surface area contributed by atoms with Crippen LogP contribution >= 0.6 is 0 Å². The van der Waals surface area contributed by atoms with Crippen molar-refractivity contribution in [3.63, 3.8) is 0 Å². The van der Waals surface area contributed by atoms with Gasteiger partial charge in [-0.15, -0.1) is 0 Å². The molecule has 2 nitrogen and oxygen atoms in total. The Labute approximate surface area is 72.3 Å². The number of aliphatic hydroxyl groups is 1. The summed E-state index contributed by atoms with van der Waals surface area (Å²) >= 11 is 0. The number of carbonyl (C=O) groups is 1. The zero-order valence-electron chi connectivity index (χ0n) is 7.72. The third kappa shape index (κ3) is 0.637. The summed E-state index contributed by atoms with van der Waals surface area (Å²) in [5.41, 5.74) is 0.987. The van der Waals surface area contributed by atoms with Crippen molar-refractivity contribution in [2.75, 3.05) is 0 Å². The molecule has 0 aromatic carbocycles. The van der Waals surface area contributed by atoms with E-state index in [4.69, 9.17) is 0 Å². The van der Waals surface area contributed by atoms with Gasteiger partial charge in [0, 0.05) is 5.92 Å². The molecule has 3 rings (SSSR count). The average Bonchev–Trinajstić information content (AvgIpc) is 1.98.